The predicted octanol–water partition coefficient (Wildman–Crippen LogP) is 4.43. The summed E-state index contributed by atoms with van der Waals surface area (Å²) in [4.78, 5) is 9.63. The average Bonchev–Trinajstić information content (AvgIpc) is 3.18. The molecule has 1 saturated heterocycles. The van der Waals surface area contributed by atoms with Crippen LogP contribution in [0, 0.1) is 0 Å². The molecule has 1 aromatic heterocycles. The second-order valence-electron chi connectivity index (χ2n) is 7.03. The van der Waals surface area contributed by atoms with Gasteiger partial charge in [-0.15, -0.1) is 0 Å². The summed E-state index contributed by atoms with van der Waals surface area (Å²) in [5, 5.41) is 0. The summed E-state index contributed by atoms with van der Waals surface area (Å²) in [6.07, 6.45) is 1.76. The topological polar surface area (TPSA) is 41.7 Å². The van der Waals surface area contributed by atoms with Crippen LogP contribution >= 0.6 is 15.9 Å². The Kier molecular flexibility index (Phi) is 6.10. The maximum absolute atomic E-state index is 5.74. The van der Waals surface area contributed by atoms with Crippen LogP contribution in [0.5, 0.6) is 5.75 Å². The predicted molar refractivity (Wildman–Crippen MR) is 113 cm³/mol. The Labute approximate surface area is 174 Å². The maximum Gasteiger partial charge on any atom is 0.229 e. The highest BCUT2D eigenvalue weighted by atomic mass is 79.9. The van der Waals surface area contributed by atoms with Crippen LogP contribution in [0.15, 0.2) is 63.7 Å². The second kappa shape index (κ2) is 8.90. The fourth-order valence-electron chi connectivity index (χ4n) is 3.53. The summed E-state index contributed by atoms with van der Waals surface area (Å²) in [5.41, 5.74) is 3.18. The Morgan fingerprint density at radius 3 is 2.43 bits per heavy atom. The Morgan fingerprint density at radius 1 is 1.00 bits per heavy atom. The van der Waals surface area contributed by atoms with Crippen LogP contribution in [0.25, 0.3) is 11.5 Å². The molecule has 0 spiro atoms. The van der Waals surface area contributed by atoms with E-state index in [0.717, 1.165) is 60.7 Å². The van der Waals surface area contributed by atoms with Crippen LogP contribution in [0.2, 0.25) is 0 Å². The lowest BCUT2D eigenvalue weighted by atomic mass is 10.2. The van der Waals surface area contributed by atoms with Gasteiger partial charge < -0.3 is 9.15 Å². The van der Waals surface area contributed by atoms with Gasteiger partial charge in [-0.25, -0.2) is 4.98 Å². The van der Waals surface area contributed by atoms with Gasteiger partial charge in [-0.3, -0.25) is 9.80 Å². The molecule has 4 rings (SSSR count). The molecule has 2 heterocycles. The first-order valence-corrected chi connectivity index (χ1v) is 10.3. The van der Waals surface area contributed by atoms with Gasteiger partial charge in [0.2, 0.25) is 5.89 Å². The van der Waals surface area contributed by atoms with Crippen LogP contribution in [0.4, 0.5) is 0 Å². The van der Waals surface area contributed by atoms with Gasteiger partial charge in [-0.05, 0) is 23.8 Å². The fourth-order valence-corrected chi connectivity index (χ4v) is 3.89. The lowest BCUT2D eigenvalue weighted by molar-refractivity contribution is 0.121. The van der Waals surface area contributed by atoms with E-state index in [0.29, 0.717) is 5.89 Å². The van der Waals surface area contributed by atoms with Crippen LogP contribution in [-0.2, 0) is 13.1 Å². The standard InChI is InChI=1S/C22H24BrN3O2/c1-27-21-8-7-18(23)13-20(21)22-24-19(16-28-22)15-26-11-9-25(10-12-26)14-17-5-3-2-4-6-17/h2-8,13,16H,9-12,14-15H2,1H3. The maximum atomic E-state index is 5.74. The minimum absolute atomic E-state index is 0.593. The number of rotatable bonds is 6. The summed E-state index contributed by atoms with van der Waals surface area (Å²) < 4.78 is 12.1. The van der Waals surface area contributed by atoms with Crippen LogP contribution in [-0.4, -0.2) is 48.1 Å². The molecule has 0 radical (unpaired) electrons. The molecule has 0 bridgehead atoms. The lowest BCUT2D eigenvalue weighted by Crippen LogP contribution is -2.45. The Morgan fingerprint density at radius 2 is 1.71 bits per heavy atom. The quantitative estimate of drug-likeness (QED) is 0.565. The number of hydrogen-bond acceptors (Lipinski definition) is 5. The average molecular weight is 442 g/mol. The molecular weight excluding hydrogens is 418 g/mol. The molecular formula is C22H24BrN3O2. The van der Waals surface area contributed by atoms with E-state index in [-0.39, 0.29) is 0 Å². The summed E-state index contributed by atoms with van der Waals surface area (Å²) in [6, 6.07) is 16.5. The van der Waals surface area contributed by atoms with Crippen molar-refractivity contribution >= 4 is 15.9 Å². The van der Waals surface area contributed by atoms with Crippen molar-refractivity contribution in [1.82, 2.24) is 14.8 Å². The minimum Gasteiger partial charge on any atom is -0.496 e. The van der Waals surface area contributed by atoms with E-state index in [1.165, 1.54) is 5.56 Å². The molecule has 2 aromatic carbocycles. The van der Waals surface area contributed by atoms with Crippen molar-refractivity contribution in [2.24, 2.45) is 0 Å². The van der Waals surface area contributed by atoms with E-state index >= 15 is 0 Å². The van der Waals surface area contributed by atoms with E-state index in [1.54, 1.807) is 13.4 Å². The van der Waals surface area contributed by atoms with E-state index in [2.05, 4.69) is 61.0 Å². The molecule has 1 aliphatic heterocycles. The van der Waals surface area contributed by atoms with Crippen LogP contribution < -0.4 is 4.74 Å². The van der Waals surface area contributed by atoms with Crippen molar-refractivity contribution in [3.63, 3.8) is 0 Å². The first-order valence-electron chi connectivity index (χ1n) is 9.48. The van der Waals surface area contributed by atoms with Gasteiger partial charge in [-0.2, -0.15) is 0 Å². The largest absolute Gasteiger partial charge is 0.496 e. The fraction of sp³-hybridized carbons (Fsp3) is 0.318. The highest BCUT2D eigenvalue weighted by molar-refractivity contribution is 9.10. The van der Waals surface area contributed by atoms with Gasteiger partial charge >= 0.3 is 0 Å². The van der Waals surface area contributed by atoms with E-state index < -0.39 is 0 Å². The number of nitrogens with zero attached hydrogens (tertiary/aromatic N) is 3. The van der Waals surface area contributed by atoms with Crippen LogP contribution in [0.3, 0.4) is 0 Å². The van der Waals surface area contributed by atoms with Gasteiger partial charge in [0.1, 0.15) is 12.0 Å². The smallest absolute Gasteiger partial charge is 0.229 e. The van der Waals surface area contributed by atoms with Crippen molar-refractivity contribution in [1.29, 1.82) is 0 Å². The normalized spacial score (nSPS) is 15.6. The van der Waals surface area contributed by atoms with Gasteiger partial charge in [-0.1, -0.05) is 46.3 Å². The Balaban J connectivity index is 1.35. The monoisotopic (exact) mass is 441 g/mol. The highest BCUT2D eigenvalue weighted by Gasteiger charge is 2.19. The number of methoxy groups -OCH3 is 1. The third kappa shape index (κ3) is 4.63. The van der Waals surface area contributed by atoms with Crippen molar-refractivity contribution in [3.8, 4) is 17.2 Å². The first kappa shape index (κ1) is 19.2. The number of ether oxygens (including phenoxy) is 1. The zero-order valence-corrected chi connectivity index (χ0v) is 17.6. The molecule has 1 aliphatic rings. The van der Waals surface area contributed by atoms with Crippen molar-refractivity contribution < 1.29 is 9.15 Å². The van der Waals surface area contributed by atoms with Crippen molar-refractivity contribution in [2.75, 3.05) is 33.3 Å². The summed E-state index contributed by atoms with van der Waals surface area (Å²) in [7, 11) is 1.66. The van der Waals surface area contributed by atoms with Gasteiger partial charge in [0.25, 0.3) is 0 Å². The minimum atomic E-state index is 0.593. The zero-order valence-electron chi connectivity index (χ0n) is 16.0. The van der Waals surface area contributed by atoms with Gasteiger partial charge in [0.15, 0.2) is 0 Å². The summed E-state index contributed by atoms with van der Waals surface area (Å²) >= 11 is 3.50. The van der Waals surface area contributed by atoms with E-state index in [1.807, 2.05) is 18.2 Å². The van der Waals surface area contributed by atoms with E-state index in [4.69, 9.17) is 9.15 Å². The Hall–Kier alpha value is -2.15. The molecule has 0 N–H and O–H groups in total. The molecule has 146 valence electrons. The van der Waals surface area contributed by atoms with Crippen molar-refractivity contribution in [3.05, 3.63) is 70.5 Å². The number of piperazine rings is 1. The third-order valence-electron chi connectivity index (χ3n) is 5.04. The zero-order chi connectivity index (χ0) is 19.3. The molecule has 0 aliphatic carbocycles. The number of halogens is 1. The third-order valence-corrected chi connectivity index (χ3v) is 5.54. The molecule has 6 heteroatoms. The number of hydrogen-bond donors (Lipinski definition) is 0. The highest BCUT2D eigenvalue weighted by Crippen LogP contribution is 2.32. The number of aromatic nitrogens is 1. The van der Waals surface area contributed by atoms with Crippen molar-refractivity contribution in [2.45, 2.75) is 13.1 Å². The summed E-state index contributed by atoms with van der Waals surface area (Å²) in [5.74, 6) is 1.35. The molecule has 3 aromatic rings. The van der Waals surface area contributed by atoms with Gasteiger partial charge in [0, 0.05) is 43.7 Å². The van der Waals surface area contributed by atoms with E-state index in [9.17, 15) is 0 Å². The molecule has 1 fully saturated rings. The second-order valence-corrected chi connectivity index (χ2v) is 7.94. The molecule has 0 amide bonds. The van der Waals surface area contributed by atoms with Gasteiger partial charge in [0.05, 0.1) is 18.4 Å². The Bertz CT molecular complexity index is 905. The molecule has 0 atom stereocenters. The molecule has 0 unspecified atom stereocenters. The molecule has 28 heavy (non-hydrogen) atoms. The number of benzene rings is 2. The molecule has 0 saturated carbocycles. The first-order chi connectivity index (χ1) is 13.7. The summed E-state index contributed by atoms with van der Waals surface area (Å²) in [6.45, 7) is 6.03. The lowest BCUT2D eigenvalue weighted by Gasteiger charge is -2.34. The SMILES string of the molecule is COc1ccc(Br)cc1-c1nc(CN2CCN(Cc3ccccc3)CC2)co1. The molecule has 5 nitrogen and oxygen atoms in total. The number of oxazole rings is 1. The van der Waals surface area contributed by atoms with Crippen LogP contribution in [0.1, 0.15) is 11.3 Å².